The summed E-state index contributed by atoms with van der Waals surface area (Å²) in [6.45, 7) is 5.39. The van der Waals surface area contributed by atoms with Crippen LogP contribution in [0.2, 0.25) is 0 Å². The summed E-state index contributed by atoms with van der Waals surface area (Å²) in [6.07, 6.45) is 2.50. The normalized spacial score (nSPS) is 23.3. The van der Waals surface area contributed by atoms with E-state index in [1.807, 2.05) is 0 Å². The Balaban J connectivity index is 1.12. The summed E-state index contributed by atoms with van der Waals surface area (Å²) in [6, 6.07) is 34.1. The highest BCUT2D eigenvalue weighted by atomic mass is 16.6. The third kappa shape index (κ3) is 7.91. The molecule has 4 atom stereocenters. The van der Waals surface area contributed by atoms with Crippen LogP contribution >= 0.6 is 0 Å². The van der Waals surface area contributed by atoms with Gasteiger partial charge in [0, 0.05) is 5.41 Å². The predicted octanol–water partition coefficient (Wildman–Crippen LogP) is 5.76. The number of hydrogen-bond donors (Lipinski definition) is 0. The molecule has 4 heterocycles. The molecule has 0 N–H and O–H groups in total. The second kappa shape index (κ2) is 13.6. The van der Waals surface area contributed by atoms with Crippen molar-refractivity contribution in [3.05, 3.63) is 119 Å². The molecular weight excluding hydrogens is 596 g/mol. The van der Waals surface area contributed by atoms with Gasteiger partial charge in [-0.25, -0.2) is 0 Å². The van der Waals surface area contributed by atoms with Gasteiger partial charge in [0.05, 0.1) is 26.4 Å². The van der Waals surface area contributed by atoms with E-state index in [2.05, 4.69) is 97.1 Å². The first kappa shape index (κ1) is 30.3. The number of aryl methyl sites for hydroxylation is 1. The Labute approximate surface area is 275 Å². The van der Waals surface area contributed by atoms with Crippen LogP contribution in [-0.4, -0.2) is 77.3 Å². The molecule has 0 amide bonds. The molecule has 4 saturated heterocycles. The van der Waals surface area contributed by atoms with Crippen LogP contribution in [0.5, 0.6) is 23.0 Å². The molecule has 0 aliphatic carbocycles. The van der Waals surface area contributed by atoms with E-state index in [0.717, 1.165) is 62.3 Å². The van der Waals surface area contributed by atoms with Crippen LogP contribution in [0, 0.1) is 0 Å². The Morgan fingerprint density at radius 1 is 0.426 bits per heavy atom. The molecule has 0 saturated carbocycles. The smallest absolute Gasteiger partial charge is 0.119 e. The number of rotatable bonds is 18. The van der Waals surface area contributed by atoms with E-state index in [9.17, 15) is 0 Å². The minimum absolute atomic E-state index is 0.201. The summed E-state index contributed by atoms with van der Waals surface area (Å²) in [7, 11) is 0. The zero-order valence-electron chi connectivity index (χ0n) is 26.4. The van der Waals surface area contributed by atoms with Crippen molar-refractivity contribution in [1.82, 2.24) is 0 Å². The molecule has 0 spiro atoms. The fourth-order valence-corrected chi connectivity index (χ4v) is 5.94. The number of hydrogen-bond acceptors (Lipinski definition) is 8. The lowest BCUT2D eigenvalue weighted by Gasteiger charge is -2.36. The average molecular weight is 637 g/mol. The van der Waals surface area contributed by atoms with Gasteiger partial charge in [0.25, 0.3) is 0 Å². The molecule has 4 aromatic rings. The molecule has 8 heteroatoms. The van der Waals surface area contributed by atoms with Crippen LogP contribution in [0.15, 0.2) is 97.1 Å². The third-order valence-corrected chi connectivity index (χ3v) is 9.11. The number of ether oxygens (including phenoxy) is 8. The molecule has 0 aromatic heterocycles. The van der Waals surface area contributed by atoms with Gasteiger partial charge in [-0.1, -0.05) is 48.5 Å². The SMILES string of the molecule is c1cc(OCC2CO2)ccc1CCC(c1ccc(OCC2CO2)cc1)(c1ccc(OCC2CO2)cc1)c1ccc(OCC2CO2)cc1. The fourth-order valence-electron chi connectivity index (χ4n) is 5.94. The lowest BCUT2D eigenvalue weighted by molar-refractivity contribution is 0.262. The maximum absolute atomic E-state index is 6.02. The Bertz CT molecular complexity index is 1440. The Morgan fingerprint density at radius 2 is 0.702 bits per heavy atom. The molecular formula is C39H40O8. The Hall–Kier alpha value is -4.08. The van der Waals surface area contributed by atoms with E-state index in [4.69, 9.17) is 37.9 Å². The molecule has 0 radical (unpaired) electrons. The molecule has 4 aliphatic rings. The molecule has 0 bridgehead atoms. The summed E-state index contributed by atoms with van der Waals surface area (Å²) in [5.74, 6) is 3.37. The van der Waals surface area contributed by atoms with E-state index in [0.29, 0.717) is 26.4 Å². The van der Waals surface area contributed by atoms with Crippen molar-refractivity contribution in [2.45, 2.75) is 42.7 Å². The minimum atomic E-state index is -0.479. The summed E-state index contributed by atoms with van der Waals surface area (Å²) in [5, 5.41) is 0. The highest BCUT2D eigenvalue weighted by molar-refractivity contribution is 5.53. The topological polar surface area (TPSA) is 87.0 Å². The van der Waals surface area contributed by atoms with Crippen molar-refractivity contribution < 1.29 is 37.9 Å². The second-order valence-electron chi connectivity index (χ2n) is 12.7. The van der Waals surface area contributed by atoms with Crippen LogP contribution in [0.25, 0.3) is 0 Å². The van der Waals surface area contributed by atoms with Crippen molar-refractivity contribution in [1.29, 1.82) is 0 Å². The highest BCUT2D eigenvalue weighted by Crippen LogP contribution is 2.45. The maximum atomic E-state index is 6.02. The van der Waals surface area contributed by atoms with Gasteiger partial charge >= 0.3 is 0 Å². The average Bonchev–Trinajstić information content (AvgIpc) is 3.94. The van der Waals surface area contributed by atoms with Crippen LogP contribution in [-0.2, 0) is 30.8 Å². The molecule has 4 aromatic carbocycles. The van der Waals surface area contributed by atoms with Crippen LogP contribution in [0.1, 0.15) is 28.7 Å². The van der Waals surface area contributed by atoms with E-state index in [1.54, 1.807) is 0 Å². The van der Waals surface area contributed by atoms with Crippen molar-refractivity contribution in [2.24, 2.45) is 0 Å². The van der Waals surface area contributed by atoms with Crippen molar-refractivity contribution >= 4 is 0 Å². The molecule has 244 valence electrons. The first-order chi connectivity index (χ1) is 23.2. The molecule has 8 nitrogen and oxygen atoms in total. The zero-order valence-corrected chi connectivity index (χ0v) is 26.4. The maximum Gasteiger partial charge on any atom is 0.119 e. The van der Waals surface area contributed by atoms with Crippen molar-refractivity contribution in [2.75, 3.05) is 52.9 Å². The quantitative estimate of drug-likeness (QED) is 0.101. The Morgan fingerprint density at radius 3 is 0.979 bits per heavy atom. The van der Waals surface area contributed by atoms with E-state index >= 15 is 0 Å². The lowest BCUT2D eigenvalue weighted by Crippen LogP contribution is -2.30. The third-order valence-electron chi connectivity index (χ3n) is 9.11. The van der Waals surface area contributed by atoms with Gasteiger partial charge in [0.15, 0.2) is 0 Å². The highest BCUT2D eigenvalue weighted by Gasteiger charge is 2.37. The first-order valence-electron chi connectivity index (χ1n) is 16.6. The van der Waals surface area contributed by atoms with Crippen molar-refractivity contribution in [3.63, 3.8) is 0 Å². The first-order valence-corrected chi connectivity index (χ1v) is 16.6. The predicted molar refractivity (Wildman–Crippen MR) is 175 cm³/mol. The molecule has 4 unspecified atom stereocenters. The van der Waals surface area contributed by atoms with Gasteiger partial charge in [-0.3, -0.25) is 0 Å². The molecule has 8 rings (SSSR count). The number of benzene rings is 4. The van der Waals surface area contributed by atoms with Gasteiger partial charge in [0.2, 0.25) is 0 Å². The van der Waals surface area contributed by atoms with Crippen LogP contribution in [0.3, 0.4) is 0 Å². The summed E-state index contributed by atoms with van der Waals surface area (Å²) in [5.41, 5.74) is 4.29. The lowest BCUT2D eigenvalue weighted by atomic mass is 9.66. The monoisotopic (exact) mass is 636 g/mol. The van der Waals surface area contributed by atoms with E-state index < -0.39 is 5.41 Å². The molecule has 4 fully saturated rings. The second-order valence-corrected chi connectivity index (χ2v) is 12.7. The zero-order chi connectivity index (χ0) is 31.5. The number of epoxide rings is 4. The van der Waals surface area contributed by atoms with Gasteiger partial charge in [-0.2, -0.15) is 0 Å². The fraction of sp³-hybridized carbons (Fsp3) is 0.385. The molecule has 4 aliphatic heterocycles. The van der Waals surface area contributed by atoms with Gasteiger partial charge < -0.3 is 37.9 Å². The van der Waals surface area contributed by atoms with Gasteiger partial charge in [-0.15, -0.1) is 0 Å². The van der Waals surface area contributed by atoms with Gasteiger partial charge in [-0.05, 0) is 83.6 Å². The summed E-state index contributed by atoms with van der Waals surface area (Å²) < 4.78 is 45.3. The molecule has 47 heavy (non-hydrogen) atoms. The Kier molecular flexibility index (Phi) is 8.74. The summed E-state index contributed by atoms with van der Waals surface area (Å²) >= 11 is 0. The van der Waals surface area contributed by atoms with E-state index in [1.165, 1.54) is 22.3 Å². The van der Waals surface area contributed by atoms with E-state index in [-0.39, 0.29) is 24.4 Å². The van der Waals surface area contributed by atoms with Gasteiger partial charge in [0.1, 0.15) is 73.8 Å². The van der Waals surface area contributed by atoms with Crippen molar-refractivity contribution in [3.8, 4) is 23.0 Å². The summed E-state index contributed by atoms with van der Waals surface area (Å²) in [4.78, 5) is 0. The standard InChI is InChI=1S/C39H40O8/c1-9-31(40-19-35-23-44-35)10-2-27(1)17-18-39(28-3-11-32(12-4-28)41-20-36-24-45-36,29-5-13-33(14-6-29)42-21-37-25-46-37)30-7-15-34(16-8-30)43-22-38-26-47-38/h1-16,35-38H,17-26H2. The largest absolute Gasteiger partial charge is 0.491 e. The minimum Gasteiger partial charge on any atom is -0.491 e. The van der Waals surface area contributed by atoms with Crippen LogP contribution in [0.4, 0.5) is 0 Å². The van der Waals surface area contributed by atoms with Crippen LogP contribution < -0.4 is 18.9 Å².